The molecule has 1 aliphatic rings. The lowest BCUT2D eigenvalue weighted by atomic mass is 9.94. The Morgan fingerprint density at radius 2 is 1.78 bits per heavy atom. The normalized spacial score (nSPS) is 13.8. The monoisotopic (exact) mass is 545 g/mol. The van der Waals surface area contributed by atoms with E-state index >= 15 is 0 Å². The standard InChI is InChI=1S/C29H28BN9O2/c1-18-2-3-20(30)14-23(18)34-27(40)25-26(33-17-32-25)28(41)37-29-35-22-5-4-21(15-24(22)36-29)39-12-10-38(11-13-39)16-19-6-8-31-9-7-19/h2-9,14-15,17H,10-13,16H2,1H3,(H,32,33)(H,34,40)(H2,35,36,37,41). The van der Waals surface area contributed by atoms with Gasteiger partial charge in [-0.25, -0.2) is 9.97 Å². The number of piperazine rings is 1. The first-order valence-electron chi connectivity index (χ1n) is 13.3. The van der Waals surface area contributed by atoms with Crippen molar-refractivity contribution in [1.29, 1.82) is 0 Å². The molecular weight excluding hydrogens is 517 g/mol. The third-order valence-corrected chi connectivity index (χ3v) is 7.18. The molecule has 2 radical (unpaired) electrons. The van der Waals surface area contributed by atoms with E-state index in [0.29, 0.717) is 11.2 Å². The van der Waals surface area contributed by atoms with Crippen LogP contribution >= 0.6 is 0 Å². The molecular formula is C29H28BN9O2. The van der Waals surface area contributed by atoms with Crippen LogP contribution in [0.5, 0.6) is 0 Å². The molecule has 2 aromatic carbocycles. The van der Waals surface area contributed by atoms with Gasteiger partial charge >= 0.3 is 0 Å². The summed E-state index contributed by atoms with van der Waals surface area (Å²) >= 11 is 0. The maximum Gasteiger partial charge on any atom is 0.276 e. The molecule has 3 aromatic heterocycles. The van der Waals surface area contributed by atoms with E-state index in [4.69, 9.17) is 7.85 Å². The second-order valence-corrected chi connectivity index (χ2v) is 10.0. The van der Waals surface area contributed by atoms with Crippen LogP contribution in [0, 0.1) is 6.92 Å². The molecule has 4 N–H and O–H groups in total. The van der Waals surface area contributed by atoms with Crippen molar-refractivity contribution in [1.82, 2.24) is 29.8 Å². The molecule has 0 atom stereocenters. The van der Waals surface area contributed by atoms with Gasteiger partial charge in [-0.15, -0.1) is 0 Å². The summed E-state index contributed by atoms with van der Waals surface area (Å²) < 4.78 is 0. The highest BCUT2D eigenvalue weighted by Gasteiger charge is 2.22. The topological polar surface area (TPSA) is 135 Å². The summed E-state index contributed by atoms with van der Waals surface area (Å²) in [4.78, 5) is 49.4. The van der Waals surface area contributed by atoms with Gasteiger partial charge in [0, 0.05) is 56.5 Å². The number of anilines is 3. The fraction of sp³-hybridized carbons (Fsp3) is 0.207. The zero-order valence-corrected chi connectivity index (χ0v) is 22.5. The number of imidazole rings is 2. The number of carbonyl (C=O) groups excluding carboxylic acids is 2. The highest BCUT2D eigenvalue weighted by molar-refractivity contribution is 6.32. The van der Waals surface area contributed by atoms with Crippen molar-refractivity contribution >= 4 is 53.5 Å². The van der Waals surface area contributed by atoms with E-state index in [2.05, 4.69) is 57.5 Å². The number of H-pyrrole nitrogens is 2. The van der Waals surface area contributed by atoms with E-state index in [1.54, 1.807) is 18.2 Å². The molecule has 0 unspecified atom stereocenters. The highest BCUT2D eigenvalue weighted by Crippen LogP contribution is 2.24. The Kier molecular flexibility index (Phi) is 7.21. The summed E-state index contributed by atoms with van der Waals surface area (Å²) in [6.45, 7) is 6.51. The van der Waals surface area contributed by atoms with Crippen molar-refractivity contribution in [3.63, 3.8) is 0 Å². The van der Waals surface area contributed by atoms with Gasteiger partial charge < -0.3 is 20.2 Å². The summed E-state index contributed by atoms with van der Waals surface area (Å²) in [6.07, 6.45) is 4.96. The lowest BCUT2D eigenvalue weighted by Gasteiger charge is -2.36. The van der Waals surface area contributed by atoms with E-state index in [9.17, 15) is 9.59 Å². The number of fused-ring (bicyclic) bond motifs is 1. The Bertz CT molecular complexity index is 1710. The van der Waals surface area contributed by atoms with Gasteiger partial charge in [0.25, 0.3) is 11.8 Å². The molecule has 1 saturated heterocycles. The van der Waals surface area contributed by atoms with Crippen LogP contribution in [-0.2, 0) is 6.54 Å². The molecule has 0 aliphatic carbocycles. The molecule has 1 fully saturated rings. The number of aromatic amines is 2. The van der Waals surface area contributed by atoms with E-state index in [1.165, 1.54) is 11.9 Å². The van der Waals surface area contributed by atoms with Gasteiger partial charge in [0.2, 0.25) is 5.95 Å². The summed E-state index contributed by atoms with van der Waals surface area (Å²) in [5.41, 5.74) is 5.77. The van der Waals surface area contributed by atoms with Crippen LogP contribution in [0.3, 0.4) is 0 Å². The molecule has 41 heavy (non-hydrogen) atoms. The lowest BCUT2D eigenvalue weighted by Crippen LogP contribution is -2.45. The predicted octanol–water partition coefficient (Wildman–Crippen LogP) is 2.61. The van der Waals surface area contributed by atoms with Gasteiger partial charge in [-0.1, -0.05) is 17.6 Å². The number of hydrogen-bond acceptors (Lipinski definition) is 7. The van der Waals surface area contributed by atoms with Gasteiger partial charge in [-0.3, -0.25) is 24.8 Å². The second-order valence-electron chi connectivity index (χ2n) is 10.0. The maximum absolute atomic E-state index is 13.1. The first-order chi connectivity index (χ1) is 19.9. The zero-order chi connectivity index (χ0) is 28.3. The van der Waals surface area contributed by atoms with Crippen molar-refractivity contribution < 1.29 is 9.59 Å². The number of aryl methyl sites for hydroxylation is 1. The van der Waals surface area contributed by atoms with E-state index in [-0.39, 0.29) is 17.3 Å². The summed E-state index contributed by atoms with van der Waals surface area (Å²) in [6, 6.07) is 15.3. The van der Waals surface area contributed by atoms with Crippen molar-refractivity contribution in [3.8, 4) is 0 Å². The van der Waals surface area contributed by atoms with Crippen molar-refractivity contribution in [2.75, 3.05) is 41.7 Å². The van der Waals surface area contributed by atoms with Crippen LogP contribution in [0.15, 0.2) is 67.3 Å². The highest BCUT2D eigenvalue weighted by atomic mass is 16.2. The molecule has 1 aliphatic heterocycles. The SMILES string of the molecule is [B]c1ccc(C)c(NC(=O)c2nc[nH]c2C(=O)Nc2nc3ccc(N4CCN(Cc5ccncc5)CC4)cc3[nH]2)c1. The quantitative estimate of drug-likeness (QED) is 0.231. The number of rotatable bonds is 7. The minimum absolute atomic E-state index is 0.0230. The Morgan fingerprint density at radius 3 is 2.59 bits per heavy atom. The number of pyridine rings is 1. The van der Waals surface area contributed by atoms with Gasteiger partial charge in [0.15, 0.2) is 5.69 Å². The summed E-state index contributed by atoms with van der Waals surface area (Å²) in [5.74, 6) is -0.793. The number of aromatic nitrogens is 5. The number of nitrogens with one attached hydrogen (secondary N) is 4. The molecule has 0 bridgehead atoms. The minimum atomic E-state index is -0.540. The summed E-state index contributed by atoms with van der Waals surface area (Å²) in [7, 11) is 5.85. The van der Waals surface area contributed by atoms with Gasteiger partial charge in [-0.05, 0) is 54.4 Å². The third-order valence-electron chi connectivity index (χ3n) is 7.18. The molecule has 5 aromatic rings. The van der Waals surface area contributed by atoms with E-state index < -0.39 is 11.8 Å². The average Bonchev–Trinajstić information content (AvgIpc) is 3.63. The Labute approximate surface area is 237 Å². The van der Waals surface area contributed by atoms with Crippen LogP contribution < -0.4 is 21.0 Å². The van der Waals surface area contributed by atoms with E-state index in [0.717, 1.165) is 55.0 Å². The predicted molar refractivity (Wildman–Crippen MR) is 159 cm³/mol. The van der Waals surface area contributed by atoms with Crippen molar-refractivity contribution in [2.24, 2.45) is 0 Å². The molecule has 12 heteroatoms. The first kappa shape index (κ1) is 26.3. The average molecular weight is 545 g/mol. The van der Waals surface area contributed by atoms with Crippen LogP contribution in [0.1, 0.15) is 32.1 Å². The Balaban J connectivity index is 1.10. The molecule has 6 rings (SSSR count). The van der Waals surface area contributed by atoms with Gasteiger partial charge in [0.1, 0.15) is 13.5 Å². The largest absolute Gasteiger partial charge is 0.369 e. The number of nitrogens with zero attached hydrogens (tertiary/aromatic N) is 5. The number of benzene rings is 2. The molecule has 2 amide bonds. The zero-order valence-electron chi connectivity index (χ0n) is 22.5. The Morgan fingerprint density at radius 1 is 0.976 bits per heavy atom. The van der Waals surface area contributed by atoms with Crippen molar-refractivity contribution in [2.45, 2.75) is 13.5 Å². The first-order valence-corrected chi connectivity index (χ1v) is 13.3. The molecule has 11 nitrogen and oxygen atoms in total. The second kappa shape index (κ2) is 11.3. The van der Waals surface area contributed by atoms with Crippen LogP contribution in [0.2, 0.25) is 0 Å². The van der Waals surface area contributed by atoms with Gasteiger partial charge in [-0.2, -0.15) is 0 Å². The maximum atomic E-state index is 13.1. The minimum Gasteiger partial charge on any atom is -0.369 e. The Hall–Kier alpha value is -4.97. The fourth-order valence-corrected chi connectivity index (χ4v) is 4.93. The number of hydrogen-bond donors (Lipinski definition) is 4. The van der Waals surface area contributed by atoms with Crippen LogP contribution in [0.4, 0.5) is 17.3 Å². The smallest absolute Gasteiger partial charge is 0.276 e. The summed E-state index contributed by atoms with van der Waals surface area (Å²) in [5, 5.41) is 5.51. The van der Waals surface area contributed by atoms with Crippen molar-refractivity contribution in [3.05, 3.63) is 89.8 Å². The third kappa shape index (κ3) is 5.82. The van der Waals surface area contributed by atoms with Gasteiger partial charge in [0.05, 0.1) is 17.4 Å². The number of carbonyl (C=O) groups is 2. The lowest BCUT2D eigenvalue weighted by molar-refractivity contribution is 0.0985. The molecule has 0 saturated carbocycles. The molecule has 204 valence electrons. The molecule has 0 spiro atoms. The van der Waals surface area contributed by atoms with Crippen LogP contribution in [-0.4, -0.2) is 75.7 Å². The fourth-order valence-electron chi connectivity index (χ4n) is 4.93. The van der Waals surface area contributed by atoms with E-state index in [1.807, 2.05) is 37.5 Å². The molecule has 4 heterocycles. The number of amides is 2. The van der Waals surface area contributed by atoms with Crippen LogP contribution in [0.25, 0.3) is 11.0 Å².